The minimum absolute atomic E-state index is 0.224. The van der Waals surface area contributed by atoms with Crippen molar-refractivity contribution in [3.8, 4) is 33.8 Å². The van der Waals surface area contributed by atoms with E-state index in [1.165, 1.54) is 16.6 Å². The summed E-state index contributed by atoms with van der Waals surface area (Å²) < 4.78 is 13.6. The highest BCUT2D eigenvalue weighted by molar-refractivity contribution is 6.31. The van der Waals surface area contributed by atoms with Gasteiger partial charge in [-0.2, -0.15) is 0 Å². The van der Waals surface area contributed by atoms with Gasteiger partial charge in [-0.15, -0.1) is 0 Å². The Kier molecular flexibility index (Phi) is 12.0. The molecule has 0 aliphatic heterocycles. The van der Waals surface area contributed by atoms with Crippen LogP contribution in [0, 0.1) is 6.92 Å². The zero-order valence-corrected chi connectivity index (χ0v) is 28.7. The number of benzene rings is 4. The first-order valence-corrected chi connectivity index (χ1v) is 17.0. The third kappa shape index (κ3) is 8.91. The molecule has 0 atom stereocenters. The summed E-state index contributed by atoms with van der Waals surface area (Å²) in [5.74, 6) is -0.130. The molecule has 0 saturated heterocycles. The lowest BCUT2D eigenvalue weighted by molar-refractivity contribution is -0.139. The summed E-state index contributed by atoms with van der Waals surface area (Å²) in [4.78, 5) is 24.9. The highest BCUT2D eigenvalue weighted by Gasteiger charge is 2.20. The average Bonchev–Trinajstić information content (AvgIpc) is 3.39. The second-order valence-electron chi connectivity index (χ2n) is 11.8. The molecule has 0 spiro atoms. The van der Waals surface area contributed by atoms with Gasteiger partial charge in [-0.3, -0.25) is 4.79 Å². The Bertz CT molecular complexity index is 1830. The van der Waals surface area contributed by atoms with Crippen molar-refractivity contribution in [1.29, 1.82) is 0 Å². The number of nitrogens with zero attached hydrogens (tertiary/aromatic N) is 1. The molecule has 9 heteroatoms. The van der Waals surface area contributed by atoms with E-state index < -0.39 is 12.6 Å². The van der Waals surface area contributed by atoms with Gasteiger partial charge in [0.1, 0.15) is 11.5 Å². The van der Waals surface area contributed by atoms with E-state index in [4.69, 9.17) is 32.7 Å². The molecule has 7 nitrogen and oxygen atoms in total. The molecule has 1 aromatic heterocycles. The number of aromatic nitrogens is 1. The number of carboxylic acids is 1. The van der Waals surface area contributed by atoms with Gasteiger partial charge in [0, 0.05) is 56.4 Å². The number of aliphatic carboxylic acids is 1. The fourth-order valence-corrected chi connectivity index (χ4v) is 6.39. The van der Waals surface area contributed by atoms with Crippen LogP contribution in [-0.2, 0) is 11.3 Å². The Morgan fingerprint density at radius 3 is 2.02 bits per heavy atom. The van der Waals surface area contributed by atoms with Crippen molar-refractivity contribution < 1.29 is 24.2 Å². The van der Waals surface area contributed by atoms with E-state index in [0.717, 1.165) is 50.8 Å². The Morgan fingerprint density at radius 2 is 1.42 bits per heavy atom. The molecule has 5 aromatic rings. The maximum atomic E-state index is 13.5. The van der Waals surface area contributed by atoms with Crippen LogP contribution in [0.5, 0.6) is 11.5 Å². The van der Waals surface area contributed by atoms with Gasteiger partial charge >= 0.3 is 5.97 Å². The van der Waals surface area contributed by atoms with Crippen LogP contribution in [0.2, 0.25) is 10.0 Å². The van der Waals surface area contributed by atoms with Gasteiger partial charge in [-0.25, -0.2) is 4.79 Å². The lowest BCUT2D eigenvalue weighted by atomic mass is 9.94. The topological polar surface area (TPSA) is 89.8 Å². The number of rotatable bonds is 16. The normalized spacial score (nSPS) is 11.1. The fraction of sp³-hybridized carbons (Fsp3) is 0.282. The predicted molar refractivity (Wildman–Crippen MR) is 194 cm³/mol. The van der Waals surface area contributed by atoms with Gasteiger partial charge in [-0.1, -0.05) is 73.2 Å². The van der Waals surface area contributed by atoms with Gasteiger partial charge in [0.2, 0.25) is 0 Å². The zero-order valence-electron chi connectivity index (χ0n) is 27.2. The summed E-state index contributed by atoms with van der Waals surface area (Å²) in [6.45, 7) is 3.14. The lowest BCUT2D eigenvalue weighted by Crippen LogP contribution is -2.24. The molecule has 0 aliphatic carbocycles. The van der Waals surface area contributed by atoms with Crippen LogP contribution in [0.1, 0.15) is 54.6 Å². The molecule has 2 N–H and O–H groups in total. The highest BCUT2D eigenvalue weighted by atomic mass is 35.5. The number of methoxy groups -OCH3 is 1. The Hall–Kier alpha value is -4.46. The quantitative estimate of drug-likeness (QED) is 0.101. The van der Waals surface area contributed by atoms with Crippen LogP contribution in [0.3, 0.4) is 0 Å². The minimum atomic E-state index is -1.11. The molecule has 1 heterocycles. The van der Waals surface area contributed by atoms with Crippen LogP contribution >= 0.6 is 23.2 Å². The number of unbranched alkanes of at least 4 members (excludes halogenated alkanes) is 5. The summed E-state index contributed by atoms with van der Waals surface area (Å²) in [7, 11) is 1.69. The molecule has 5 rings (SSSR count). The van der Waals surface area contributed by atoms with Crippen molar-refractivity contribution in [2.24, 2.45) is 0 Å². The van der Waals surface area contributed by atoms with Crippen LogP contribution in [0.25, 0.3) is 33.2 Å². The molecule has 0 bridgehead atoms. The molecular weight excluding hydrogens is 647 g/mol. The van der Waals surface area contributed by atoms with Crippen molar-refractivity contribution in [1.82, 2.24) is 9.88 Å². The number of hydrogen-bond donors (Lipinski definition) is 2. The van der Waals surface area contributed by atoms with Crippen molar-refractivity contribution >= 4 is 46.0 Å². The first-order valence-electron chi connectivity index (χ1n) is 16.2. The number of carbonyl (C=O) groups excluding carboxylic acids is 1. The SMILES string of the molecule is COc1ccc2c(c1)cc(C)n2CCCCCCCCNC(=O)c1cc(-c2cccc(Cl)c2)c(OCC(=O)O)c(-c2cccc(Cl)c2)c1. The van der Waals surface area contributed by atoms with Gasteiger partial charge in [0.05, 0.1) is 7.11 Å². The smallest absolute Gasteiger partial charge is 0.341 e. The molecular formula is C39H40Cl2N2O5. The number of aryl methyl sites for hydroxylation is 2. The number of nitrogens with one attached hydrogen (secondary N) is 1. The molecule has 0 unspecified atom stereocenters. The Labute approximate surface area is 291 Å². The fourth-order valence-electron chi connectivity index (χ4n) is 6.01. The summed E-state index contributed by atoms with van der Waals surface area (Å²) in [5, 5.41) is 14.7. The van der Waals surface area contributed by atoms with Gasteiger partial charge in [0.25, 0.3) is 5.91 Å². The molecule has 48 heavy (non-hydrogen) atoms. The summed E-state index contributed by atoms with van der Waals surface area (Å²) in [6, 6.07) is 26.2. The first-order chi connectivity index (χ1) is 23.2. The monoisotopic (exact) mass is 686 g/mol. The number of amides is 1. The van der Waals surface area contributed by atoms with Crippen LogP contribution in [0.4, 0.5) is 0 Å². The van der Waals surface area contributed by atoms with Crippen molar-refractivity contribution in [2.45, 2.75) is 52.0 Å². The summed E-state index contributed by atoms with van der Waals surface area (Å²) >= 11 is 12.6. The van der Waals surface area contributed by atoms with E-state index >= 15 is 0 Å². The first kappa shape index (κ1) is 34.9. The molecule has 4 aromatic carbocycles. The minimum Gasteiger partial charge on any atom is -0.497 e. The number of fused-ring (bicyclic) bond motifs is 1. The largest absolute Gasteiger partial charge is 0.497 e. The molecule has 250 valence electrons. The molecule has 0 fully saturated rings. The van der Waals surface area contributed by atoms with E-state index in [-0.39, 0.29) is 5.91 Å². The molecule has 0 aliphatic rings. The van der Waals surface area contributed by atoms with Crippen LogP contribution in [-0.4, -0.2) is 41.8 Å². The van der Waals surface area contributed by atoms with Crippen molar-refractivity contribution in [3.63, 3.8) is 0 Å². The van der Waals surface area contributed by atoms with Gasteiger partial charge in [0.15, 0.2) is 6.61 Å². The van der Waals surface area contributed by atoms with Crippen molar-refractivity contribution in [2.75, 3.05) is 20.3 Å². The maximum Gasteiger partial charge on any atom is 0.341 e. The Morgan fingerprint density at radius 1 is 0.792 bits per heavy atom. The van der Waals surface area contributed by atoms with Crippen LogP contribution in [0.15, 0.2) is 84.9 Å². The van der Waals surface area contributed by atoms with Gasteiger partial charge < -0.3 is 24.5 Å². The van der Waals surface area contributed by atoms with Gasteiger partial charge in [-0.05, 0) is 91.6 Å². The second kappa shape index (κ2) is 16.6. The summed E-state index contributed by atoms with van der Waals surface area (Å²) in [5.41, 5.74) is 5.44. The molecule has 0 radical (unpaired) electrons. The van der Waals surface area contributed by atoms with Crippen LogP contribution < -0.4 is 14.8 Å². The standard InChI is InChI=1S/C39H40Cl2N2O5/c1-26-19-29-22-33(47-2)15-16-36(29)43(26)18-8-6-4-3-5-7-17-42-39(46)30-23-34(27-11-9-13-31(40)20-27)38(48-25-37(44)45)35(24-30)28-12-10-14-32(41)21-28/h9-16,19-24H,3-8,17-18,25H2,1-2H3,(H,42,46)(H,44,45). The molecule has 1 amide bonds. The lowest BCUT2D eigenvalue weighted by Gasteiger charge is -2.18. The number of hydrogen-bond acceptors (Lipinski definition) is 4. The number of carbonyl (C=O) groups is 2. The van der Waals surface area contributed by atoms with E-state index in [2.05, 4.69) is 35.0 Å². The molecule has 0 saturated carbocycles. The van der Waals surface area contributed by atoms with E-state index in [0.29, 0.717) is 50.2 Å². The second-order valence-corrected chi connectivity index (χ2v) is 12.7. The maximum absolute atomic E-state index is 13.5. The summed E-state index contributed by atoms with van der Waals surface area (Å²) in [6.07, 6.45) is 6.40. The number of ether oxygens (including phenoxy) is 2. The van der Waals surface area contributed by atoms with E-state index in [1.54, 1.807) is 55.6 Å². The van der Waals surface area contributed by atoms with E-state index in [1.807, 2.05) is 18.2 Å². The third-order valence-corrected chi connectivity index (χ3v) is 8.84. The number of carboxylic acid groups (broad SMARTS) is 1. The van der Waals surface area contributed by atoms with Crippen molar-refractivity contribution in [3.05, 3.63) is 106 Å². The number of halogens is 2. The third-order valence-electron chi connectivity index (χ3n) is 8.37. The van der Waals surface area contributed by atoms with E-state index in [9.17, 15) is 14.7 Å². The predicted octanol–water partition coefficient (Wildman–Crippen LogP) is 9.83. The average molecular weight is 688 g/mol. The Balaban J connectivity index is 1.19. The highest BCUT2D eigenvalue weighted by Crippen LogP contribution is 2.41. The zero-order chi connectivity index (χ0) is 34.0.